The molecule has 0 aliphatic heterocycles. The van der Waals surface area contributed by atoms with E-state index < -0.39 is 6.04 Å². The first-order valence-corrected chi connectivity index (χ1v) is 10.3. The van der Waals surface area contributed by atoms with Gasteiger partial charge >= 0.3 is 0 Å². The normalized spacial score (nSPS) is 12.3. The quantitative estimate of drug-likeness (QED) is 0.634. The summed E-state index contributed by atoms with van der Waals surface area (Å²) in [5, 5.41) is 8.41. The van der Waals surface area contributed by atoms with Gasteiger partial charge in [-0.2, -0.15) is 0 Å². The molecule has 0 aliphatic rings. The molecule has 2 aromatic carbocycles. The van der Waals surface area contributed by atoms with Crippen molar-refractivity contribution in [3.05, 3.63) is 71.2 Å². The minimum absolute atomic E-state index is 0.0232. The fourth-order valence-corrected chi connectivity index (χ4v) is 3.45. The molecule has 0 saturated heterocycles. The Kier molecular flexibility index (Phi) is 6.13. The molecule has 1 heterocycles. The number of anilines is 1. The highest BCUT2D eigenvalue weighted by molar-refractivity contribution is 7.13. The van der Waals surface area contributed by atoms with Crippen molar-refractivity contribution in [2.45, 2.75) is 39.2 Å². The first-order chi connectivity index (χ1) is 13.7. The molecular formula is C23H25N3O2S. The summed E-state index contributed by atoms with van der Waals surface area (Å²) in [5.41, 5.74) is 3.31. The van der Waals surface area contributed by atoms with E-state index in [1.54, 1.807) is 25.3 Å². The lowest BCUT2D eigenvalue weighted by atomic mass is 9.86. The molecule has 5 nitrogen and oxygen atoms in total. The van der Waals surface area contributed by atoms with E-state index in [0.717, 1.165) is 16.1 Å². The zero-order chi connectivity index (χ0) is 21.0. The largest absolute Gasteiger partial charge is 0.341 e. The first kappa shape index (κ1) is 20.7. The number of hydrogen-bond donors (Lipinski definition) is 2. The predicted molar refractivity (Wildman–Crippen MR) is 118 cm³/mol. The van der Waals surface area contributed by atoms with Crippen LogP contribution in [0.4, 0.5) is 5.69 Å². The molecule has 2 amide bonds. The number of thiazole rings is 1. The smallest absolute Gasteiger partial charge is 0.251 e. The Hall–Kier alpha value is -2.99. The van der Waals surface area contributed by atoms with Crippen molar-refractivity contribution in [3.63, 3.8) is 0 Å². The van der Waals surface area contributed by atoms with E-state index >= 15 is 0 Å². The third-order valence-electron chi connectivity index (χ3n) is 4.56. The first-order valence-electron chi connectivity index (χ1n) is 9.46. The van der Waals surface area contributed by atoms with Gasteiger partial charge in [-0.1, -0.05) is 45.0 Å². The molecule has 0 bridgehead atoms. The summed E-state index contributed by atoms with van der Waals surface area (Å²) >= 11 is 1.54. The summed E-state index contributed by atoms with van der Waals surface area (Å²) in [6.07, 6.45) is 1.75. The van der Waals surface area contributed by atoms with Crippen LogP contribution in [0.1, 0.15) is 43.6 Å². The van der Waals surface area contributed by atoms with Crippen LogP contribution >= 0.6 is 11.3 Å². The van der Waals surface area contributed by atoms with Gasteiger partial charge in [-0.05, 0) is 42.2 Å². The summed E-state index contributed by atoms with van der Waals surface area (Å²) in [6.45, 7) is 8.04. The topological polar surface area (TPSA) is 71.1 Å². The molecule has 1 unspecified atom stereocenters. The van der Waals surface area contributed by atoms with Gasteiger partial charge in [-0.3, -0.25) is 9.59 Å². The Morgan fingerprint density at radius 3 is 2.41 bits per heavy atom. The Labute approximate surface area is 175 Å². The van der Waals surface area contributed by atoms with E-state index in [4.69, 9.17) is 0 Å². The molecule has 0 aliphatic carbocycles. The number of aromatic nitrogens is 1. The summed E-state index contributed by atoms with van der Waals surface area (Å²) in [6, 6.07) is 14.3. The van der Waals surface area contributed by atoms with Crippen LogP contribution < -0.4 is 10.6 Å². The molecule has 0 spiro atoms. The molecule has 150 valence electrons. The van der Waals surface area contributed by atoms with Gasteiger partial charge in [-0.15, -0.1) is 11.3 Å². The second-order valence-electron chi connectivity index (χ2n) is 7.93. The average Bonchev–Trinajstić information content (AvgIpc) is 3.22. The minimum Gasteiger partial charge on any atom is -0.341 e. The van der Waals surface area contributed by atoms with Gasteiger partial charge in [-0.25, -0.2) is 4.98 Å². The van der Waals surface area contributed by atoms with Crippen molar-refractivity contribution in [1.29, 1.82) is 0 Å². The number of nitrogens with zero attached hydrogens (tertiary/aromatic N) is 1. The Morgan fingerprint density at radius 2 is 1.79 bits per heavy atom. The molecule has 6 heteroatoms. The second kappa shape index (κ2) is 8.57. The lowest BCUT2D eigenvalue weighted by molar-refractivity contribution is -0.117. The van der Waals surface area contributed by atoms with Gasteiger partial charge in [0.25, 0.3) is 5.91 Å². The number of rotatable bonds is 5. The maximum Gasteiger partial charge on any atom is 0.251 e. The van der Waals surface area contributed by atoms with Crippen LogP contribution in [-0.2, 0) is 10.2 Å². The Morgan fingerprint density at radius 1 is 1.07 bits per heavy atom. The molecule has 0 fully saturated rings. The van der Waals surface area contributed by atoms with Crippen LogP contribution in [0.15, 0.2) is 60.1 Å². The summed E-state index contributed by atoms with van der Waals surface area (Å²) in [7, 11) is 0. The van der Waals surface area contributed by atoms with E-state index in [1.807, 2.05) is 41.8 Å². The van der Waals surface area contributed by atoms with Gasteiger partial charge < -0.3 is 10.6 Å². The van der Waals surface area contributed by atoms with Crippen LogP contribution in [0.2, 0.25) is 0 Å². The number of carbonyl (C=O) groups is 2. The molecule has 3 rings (SSSR count). The van der Waals surface area contributed by atoms with Gasteiger partial charge in [0.05, 0.1) is 0 Å². The second-order valence-corrected chi connectivity index (χ2v) is 8.82. The van der Waals surface area contributed by atoms with Crippen LogP contribution in [0.5, 0.6) is 0 Å². The van der Waals surface area contributed by atoms with Crippen LogP contribution in [0, 0.1) is 0 Å². The van der Waals surface area contributed by atoms with Crippen molar-refractivity contribution in [3.8, 4) is 10.6 Å². The van der Waals surface area contributed by atoms with Gasteiger partial charge in [0, 0.05) is 28.4 Å². The highest BCUT2D eigenvalue weighted by Crippen LogP contribution is 2.24. The molecule has 0 saturated carbocycles. The fraction of sp³-hybridized carbons (Fsp3) is 0.261. The lowest BCUT2D eigenvalue weighted by Crippen LogP contribution is -2.41. The van der Waals surface area contributed by atoms with Crippen LogP contribution in [0.3, 0.4) is 0 Å². The molecule has 1 atom stereocenters. The average molecular weight is 408 g/mol. The molecular weight excluding hydrogens is 382 g/mol. The van der Waals surface area contributed by atoms with E-state index in [1.165, 1.54) is 11.3 Å². The third-order valence-corrected chi connectivity index (χ3v) is 5.39. The maximum absolute atomic E-state index is 12.5. The zero-order valence-corrected chi connectivity index (χ0v) is 17.8. The fourth-order valence-electron chi connectivity index (χ4n) is 2.81. The van der Waals surface area contributed by atoms with Crippen molar-refractivity contribution in [2.75, 3.05) is 5.32 Å². The summed E-state index contributed by atoms with van der Waals surface area (Å²) in [4.78, 5) is 29.3. The number of nitrogens with one attached hydrogen (secondary N) is 2. The number of carbonyl (C=O) groups excluding carboxylic acids is 2. The molecule has 3 aromatic rings. The van der Waals surface area contributed by atoms with E-state index in [9.17, 15) is 9.59 Å². The molecule has 1 aromatic heterocycles. The SMILES string of the molecule is CC(NC(=O)c1ccc(C(C)(C)C)cc1)C(=O)Nc1cccc(-c2nccs2)c1. The molecule has 2 N–H and O–H groups in total. The number of amides is 2. The van der Waals surface area contributed by atoms with E-state index in [0.29, 0.717) is 11.3 Å². The van der Waals surface area contributed by atoms with Gasteiger partial charge in [0.15, 0.2) is 0 Å². The number of hydrogen-bond acceptors (Lipinski definition) is 4. The summed E-state index contributed by atoms with van der Waals surface area (Å²) in [5.74, 6) is -0.550. The van der Waals surface area contributed by atoms with Crippen LogP contribution in [-0.4, -0.2) is 22.8 Å². The van der Waals surface area contributed by atoms with Crippen molar-refractivity contribution >= 4 is 28.8 Å². The molecule has 0 radical (unpaired) electrons. The van der Waals surface area contributed by atoms with Crippen LogP contribution in [0.25, 0.3) is 10.6 Å². The van der Waals surface area contributed by atoms with E-state index in [2.05, 4.69) is 36.4 Å². The Bertz CT molecular complexity index is 990. The van der Waals surface area contributed by atoms with Crippen molar-refractivity contribution in [1.82, 2.24) is 10.3 Å². The predicted octanol–water partition coefficient (Wildman–Crippen LogP) is 4.86. The Balaban J connectivity index is 1.62. The maximum atomic E-state index is 12.5. The highest BCUT2D eigenvalue weighted by atomic mass is 32.1. The monoisotopic (exact) mass is 407 g/mol. The van der Waals surface area contributed by atoms with Crippen molar-refractivity contribution < 1.29 is 9.59 Å². The molecule has 29 heavy (non-hydrogen) atoms. The highest BCUT2D eigenvalue weighted by Gasteiger charge is 2.18. The third kappa shape index (κ3) is 5.29. The van der Waals surface area contributed by atoms with Crippen molar-refractivity contribution in [2.24, 2.45) is 0 Å². The van der Waals surface area contributed by atoms with Gasteiger partial charge in [0.1, 0.15) is 11.0 Å². The zero-order valence-electron chi connectivity index (χ0n) is 17.0. The standard InChI is InChI=1S/C23H25N3O2S/c1-15(25-21(28)16-8-10-18(11-9-16)23(2,3)4)20(27)26-19-7-5-6-17(14-19)22-24-12-13-29-22/h5-15H,1-4H3,(H,25,28)(H,26,27). The minimum atomic E-state index is -0.673. The summed E-state index contributed by atoms with van der Waals surface area (Å²) < 4.78 is 0. The lowest BCUT2D eigenvalue weighted by Gasteiger charge is -2.19. The van der Waals surface area contributed by atoms with Gasteiger partial charge in [0.2, 0.25) is 5.91 Å². The number of benzene rings is 2. The van der Waals surface area contributed by atoms with E-state index in [-0.39, 0.29) is 17.2 Å².